The fourth-order valence-electron chi connectivity index (χ4n) is 13.3. The molecule has 0 aromatic carbocycles. The van der Waals surface area contributed by atoms with Crippen LogP contribution in [-0.2, 0) is 9.59 Å². The predicted molar refractivity (Wildman–Crippen MR) is 220 cm³/mol. The quantitative estimate of drug-likeness (QED) is 0.215. The van der Waals surface area contributed by atoms with E-state index < -0.39 is 5.54 Å². The summed E-state index contributed by atoms with van der Waals surface area (Å²) in [5, 5.41) is 0. The average molecular weight is 721 g/mol. The van der Waals surface area contributed by atoms with E-state index in [2.05, 4.69) is 19.1 Å². The first kappa shape index (κ1) is 43.5. The topological polar surface area (TPSA) is 58.9 Å². The lowest BCUT2D eigenvalue weighted by Gasteiger charge is -2.68. The van der Waals surface area contributed by atoms with Crippen LogP contribution >= 0.6 is 0 Å². The van der Waals surface area contributed by atoms with E-state index in [9.17, 15) is 9.59 Å². The summed E-state index contributed by atoms with van der Waals surface area (Å²) in [6.07, 6.45) is 56.5. The fraction of sp³-hybridized carbons (Fsp3) is 0.958. The average Bonchev–Trinajstić information content (AvgIpc) is 3.19. The summed E-state index contributed by atoms with van der Waals surface area (Å²) in [4.78, 5) is 35.6. The summed E-state index contributed by atoms with van der Waals surface area (Å²) >= 11 is 0. The molecule has 4 rings (SSSR count). The molecular weight excluding hydrogens is 637 g/mol. The molecule has 4 aliphatic carbocycles. The van der Waals surface area contributed by atoms with Crippen LogP contribution < -0.4 is 0 Å². The van der Waals surface area contributed by atoms with Crippen LogP contribution in [0.25, 0.3) is 0 Å². The maximum Gasteiger partial charge on any atom is 0.235 e. The number of nitrogens with zero attached hydrogens (tertiary/aromatic N) is 2. The Hall–Kier alpha value is -1.24. The van der Waals surface area contributed by atoms with E-state index in [1.807, 2.05) is 0 Å². The lowest BCUT2D eigenvalue weighted by Crippen LogP contribution is -2.66. The third-order valence-electron chi connectivity index (χ3n) is 15.9. The Balaban J connectivity index is 2.11. The molecule has 0 aliphatic heterocycles. The minimum absolute atomic E-state index is 0.0591. The third kappa shape index (κ3) is 11.4. The van der Waals surface area contributed by atoms with Gasteiger partial charge in [-0.2, -0.15) is 4.99 Å². The second kappa shape index (κ2) is 24.3. The molecule has 3 spiro atoms. The Bertz CT molecular complexity index is 1020. The zero-order valence-corrected chi connectivity index (χ0v) is 34.6. The summed E-state index contributed by atoms with van der Waals surface area (Å²) in [5.74, 6) is 0. The van der Waals surface area contributed by atoms with Gasteiger partial charge in [0.1, 0.15) is 5.54 Å². The zero-order valence-electron chi connectivity index (χ0n) is 34.6. The highest BCUT2D eigenvalue weighted by molar-refractivity contribution is 5.40. The van der Waals surface area contributed by atoms with Gasteiger partial charge in [-0.25, -0.2) is 14.6 Å². The van der Waals surface area contributed by atoms with Crippen LogP contribution in [0.2, 0.25) is 0 Å². The molecule has 0 heterocycles. The first-order valence-electron chi connectivity index (χ1n) is 23.8. The smallest absolute Gasteiger partial charge is 0.211 e. The second-order valence-electron chi connectivity index (χ2n) is 18.8. The van der Waals surface area contributed by atoms with Crippen molar-refractivity contribution in [1.82, 2.24) is 0 Å². The number of rotatable bonds is 3. The lowest BCUT2D eigenvalue weighted by molar-refractivity contribution is -0.175. The number of aliphatic imine (C=N–C) groups is 2. The van der Waals surface area contributed by atoms with E-state index in [1.165, 1.54) is 231 Å². The third-order valence-corrected chi connectivity index (χ3v) is 15.9. The van der Waals surface area contributed by atoms with Gasteiger partial charge in [-0.1, -0.05) is 205 Å². The minimum atomic E-state index is -0.717. The number of carbonyl (C=O) groups excluding carboxylic acids is 2. The highest BCUT2D eigenvalue weighted by Gasteiger charge is 2.68. The molecule has 4 heteroatoms. The number of isocyanates is 2. The summed E-state index contributed by atoms with van der Waals surface area (Å²) in [7, 11) is 0. The summed E-state index contributed by atoms with van der Waals surface area (Å²) in [6.45, 7) is 2.17. The van der Waals surface area contributed by atoms with E-state index in [-0.39, 0.29) is 22.3 Å². The van der Waals surface area contributed by atoms with Crippen molar-refractivity contribution < 1.29 is 9.59 Å². The van der Waals surface area contributed by atoms with Crippen LogP contribution in [0.15, 0.2) is 9.98 Å². The van der Waals surface area contributed by atoms with Gasteiger partial charge in [0.25, 0.3) is 0 Å². The standard InChI is InChI=1S/C48H84N2O2/c1-44(49-42-51)48(50-43-52)41-33-25-17-9-8-16-24-32-40-47(48)39-31-23-15-7-6-14-22-30-38-46(47)37-29-21-13-5-4-12-20-28-36-45(46)34-26-18-10-2-3-11-19-27-35-45/h44H,2-41H2,1H3. The SMILES string of the molecule is CC(N=C=O)C1(N=C=O)CCCCCCCCCCC12CCCCCCCCCCC21CCCCCCCCCCC12CCCCCCCCCC2. The van der Waals surface area contributed by atoms with Gasteiger partial charge in [-0.3, -0.25) is 0 Å². The van der Waals surface area contributed by atoms with Gasteiger partial charge in [0.05, 0.1) is 6.04 Å². The Labute approximate surface area is 322 Å². The van der Waals surface area contributed by atoms with Crippen LogP contribution in [0.5, 0.6) is 0 Å². The van der Waals surface area contributed by atoms with Gasteiger partial charge < -0.3 is 0 Å². The van der Waals surface area contributed by atoms with Crippen molar-refractivity contribution >= 4 is 12.2 Å². The minimum Gasteiger partial charge on any atom is -0.211 e. The summed E-state index contributed by atoms with van der Waals surface area (Å²) in [6, 6.07) is -0.361. The van der Waals surface area contributed by atoms with Gasteiger partial charge in [-0.15, -0.1) is 0 Å². The van der Waals surface area contributed by atoms with Crippen molar-refractivity contribution in [2.45, 2.75) is 275 Å². The second-order valence-corrected chi connectivity index (χ2v) is 18.8. The van der Waals surface area contributed by atoms with Gasteiger partial charge in [0, 0.05) is 5.41 Å². The van der Waals surface area contributed by atoms with Crippen molar-refractivity contribution in [3.8, 4) is 0 Å². The van der Waals surface area contributed by atoms with Crippen LogP contribution in [0.4, 0.5) is 0 Å². The normalized spacial score (nSPS) is 33.0. The van der Waals surface area contributed by atoms with E-state index in [0.717, 1.165) is 25.7 Å². The van der Waals surface area contributed by atoms with E-state index in [4.69, 9.17) is 9.98 Å². The Morgan fingerprint density at radius 1 is 0.346 bits per heavy atom. The van der Waals surface area contributed by atoms with E-state index in [1.54, 1.807) is 0 Å². The largest absolute Gasteiger partial charge is 0.235 e. The van der Waals surface area contributed by atoms with E-state index >= 15 is 0 Å². The number of hydrogen-bond acceptors (Lipinski definition) is 4. The maximum atomic E-state index is 13.2. The van der Waals surface area contributed by atoms with Gasteiger partial charge in [-0.05, 0) is 69.1 Å². The maximum absolute atomic E-state index is 13.2. The molecule has 0 bridgehead atoms. The lowest BCUT2D eigenvalue weighted by atomic mass is 9.37. The molecular formula is C48H84N2O2. The zero-order chi connectivity index (χ0) is 36.7. The van der Waals surface area contributed by atoms with Crippen LogP contribution in [0.3, 0.4) is 0 Å². The molecule has 0 saturated heterocycles. The summed E-state index contributed by atoms with van der Waals surface area (Å²) < 4.78 is 0. The molecule has 0 aromatic rings. The molecule has 0 radical (unpaired) electrons. The van der Waals surface area contributed by atoms with Crippen molar-refractivity contribution in [2.24, 2.45) is 26.2 Å². The van der Waals surface area contributed by atoms with E-state index in [0.29, 0.717) is 0 Å². The first-order chi connectivity index (χ1) is 25.6. The van der Waals surface area contributed by atoms with Gasteiger partial charge >= 0.3 is 0 Å². The van der Waals surface area contributed by atoms with Crippen molar-refractivity contribution in [3.63, 3.8) is 0 Å². The fourth-order valence-corrected chi connectivity index (χ4v) is 13.3. The molecule has 4 unspecified atom stereocenters. The molecule has 298 valence electrons. The Morgan fingerprint density at radius 2 is 0.615 bits per heavy atom. The highest BCUT2D eigenvalue weighted by Crippen LogP contribution is 2.72. The molecule has 4 aliphatic rings. The Kier molecular flexibility index (Phi) is 20.3. The van der Waals surface area contributed by atoms with Crippen molar-refractivity contribution in [3.05, 3.63) is 0 Å². The van der Waals surface area contributed by atoms with Crippen molar-refractivity contribution in [1.29, 1.82) is 0 Å². The monoisotopic (exact) mass is 721 g/mol. The van der Waals surface area contributed by atoms with Gasteiger partial charge in [0.2, 0.25) is 12.2 Å². The molecule has 52 heavy (non-hydrogen) atoms. The number of hydrogen-bond donors (Lipinski definition) is 0. The predicted octanol–water partition coefficient (Wildman–Crippen LogP) is 15.4. The molecule has 4 saturated carbocycles. The molecule has 0 amide bonds. The van der Waals surface area contributed by atoms with Crippen molar-refractivity contribution in [2.75, 3.05) is 0 Å². The highest BCUT2D eigenvalue weighted by atomic mass is 16.1. The number of fused-ring (bicyclic) bond motifs is 2. The summed E-state index contributed by atoms with van der Waals surface area (Å²) in [5.41, 5.74) is -0.624. The van der Waals surface area contributed by atoms with Crippen LogP contribution in [0.1, 0.15) is 264 Å². The molecule has 0 aromatic heterocycles. The molecule has 4 atom stereocenters. The molecule has 4 nitrogen and oxygen atoms in total. The molecule has 4 fully saturated rings. The van der Waals surface area contributed by atoms with Crippen LogP contribution in [-0.4, -0.2) is 23.7 Å². The van der Waals surface area contributed by atoms with Gasteiger partial charge in [0.15, 0.2) is 0 Å². The first-order valence-corrected chi connectivity index (χ1v) is 23.8. The Morgan fingerprint density at radius 3 is 0.923 bits per heavy atom. The molecule has 0 N–H and O–H groups in total. The van der Waals surface area contributed by atoms with Crippen LogP contribution in [0, 0.1) is 16.2 Å².